The molecule has 0 aliphatic heterocycles. The first-order valence-electron chi connectivity index (χ1n) is 17.9. The van der Waals surface area contributed by atoms with Gasteiger partial charge in [0, 0.05) is 58.6 Å². The summed E-state index contributed by atoms with van der Waals surface area (Å²) in [6.07, 6.45) is -0.235. The highest BCUT2D eigenvalue weighted by molar-refractivity contribution is 14.1. The first-order chi connectivity index (χ1) is 27.3. The van der Waals surface area contributed by atoms with Gasteiger partial charge in [-0.3, -0.25) is 47.1 Å². The predicted molar refractivity (Wildman–Crippen MR) is 227 cm³/mol. The molecule has 0 bridgehead atoms. The van der Waals surface area contributed by atoms with Crippen molar-refractivity contribution in [1.29, 1.82) is 0 Å². The van der Waals surface area contributed by atoms with E-state index in [1.807, 2.05) is 66.0 Å². The second-order valence-corrected chi connectivity index (χ2v) is 16.0. The molecule has 58 heavy (non-hydrogen) atoms. The number of nitrogens with zero attached hydrogens (tertiary/aromatic N) is 4. The Morgan fingerprint density at radius 1 is 0.707 bits per heavy atom. The number of ether oxygens (including phenoxy) is 1. The van der Waals surface area contributed by atoms with E-state index in [9.17, 15) is 37.5 Å². The molecule has 2 heterocycles. The average molecular weight is 1040 g/mol. The molecule has 0 atom stereocenters. The van der Waals surface area contributed by atoms with E-state index in [1.165, 1.54) is 36.9 Å². The van der Waals surface area contributed by atoms with Crippen molar-refractivity contribution in [2.75, 3.05) is 26.4 Å². The molecule has 16 nitrogen and oxygen atoms in total. The highest BCUT2D eigenvalue weighted by Gasteiger charge is 2.25. The third-order valence-corrected chi connectivity index (χ3v) is 9.76. The van der Waals surface area contributed by atoms with Gasteiger partial charge < -0.3 is 9.84 Å². The molecule has 3 N–H and O–H groups in total. The summed E-state index contributed by atoms with van der Waals surface area (Å²) in [5.74, 6) is -2.66. The smallest absolute Gasteiger partial charge is 0.330 e. The molecule has 2 aromatic heterocycles. The van der Waals surface area contributed by atoms with Crippen molar-refractivity contribution in [1.82, 2.24) is 29.2 Å². The Morgan fingerprint density at radius 2 is 1.10 bits per heavy atom. The highest BCUT2D eigenvalue weighted by Crippen LogP contribution is 2.19. The van der Waals surface area contributed by atoms with Crippen molar-refractivity contribution in [2.45, 2.75) is 66.2 Å². The predicted octanol–water partition coefficient (Wildman–Crippen LogP) is 2.93. The van der Waals surface area contributed by atoms with Gasteiger partial charge in [-0.25, -0.2) is 29.3 Å². The van der Waals surface area contributed by atoms with Gasteiger partial charge >= 0.3 is 11.4 Å². The fourth-order valence-electron chi connectivity index (χ4n) is 5.51. The van der Waals surface area contributed by atoms with Gasteiger partial charge in [0.1, 0.15) is 22.8 Å². The second-order valence-electron chi connectivity index (χ2n) is 13.5. The minimum Gasteiger partial charge on any atom is -0.394 e. The summed E-state index contributed by atoms with van der Waals surface area (Å²) in [7, 11) is 2.86. The van der Waals surface area contributed by atoms with Crippen molar-refractivity contribution in [3.8, 4) is 0 Å². The van der Waals surface area contributed by atoms with Crippen LogP contribution in [0.1, 0.15) is 77.8 Å². The molecular weight excluding hydrogens is 992 g/mol. The van der Waals surface area contributed by atoms with E-state index in [1.54, 1.807) is 32.0 Å². The number of rotatable bonds is 15. The van der Waals surface area contributed by atoms with Gasteiger partial charge in [0.2, 0.25) is 0 Å². The number of aliphatic hydroxyl groups is 1. The molecule has 0 unspecified atom stereocenters. The van der Waals surface area contributed by atoms with Crippen molar-refractivity contribution >= 4 is 57.0 Å². The Hall–Kier alpha value is -4.10. The van der Waals surface area contributed by atoms with Crippen molar-refractivity contribution in [2.24, 2.45) is 14.1 Å². The molecule has 0 saturated carbocycles. The van der Waals surface area contributed by atoms with Gasteiger partial charge in [0.05, 0.1) is 32.0 Å². The number of aliphatic hydroxyl groups excluding tert-OH is 1. The van der Waals surface area contributed by atoms with Gasteiger partial charge in [-0.05, 0) is 115 Å². The summed E-state index contributed by atoms with van der Waals surface area (Å²) >= 11 is 3.95. The van der Waals surface area contributed by atoms with Gasteiger partial charge in [-0.2, -0.15) is 0 Å². The third-order valence-electron chi connectivity index (χ3n) is 8.42. The zero-order chi connectivity index (χ0) is 43.5. The fourth-order valence-corrected chi connectivity index (χ4v) is 6.41. The second kappa shape index (κ2) is 21.8. The Labute approximate surface area is 359 Å². The van der Waals surface area contributed by atoms with Crippen molar-refractivity contribution in [3.05, 3.63) is 130 Å². The maximum atomic E-state index is 14.4. The van der Waals surface area contributed by atoms with Gasteiger partial charge in [0.25, 0.3) is 22.9 Å². The number of nitrogens with one attached hydrogen (secondary N) is 2. The molecule has 2 aromatic carbocycles. The molecule has 316 valence electrons. The molecule has 0 spiro atoms. The normalized spacial score (nSPS) is 11.2. The average Bonchev–Trinajstić information content (AvgIpc) is 3.14. The topological polar surface area (TPSA) is 194 Å². The van der Waals surface area contributed by atoms with E-state index in [-0.39, 0.29) is 91.6 Å². The number of hydrogen-bond acceptors (Lipinski definition) is 10. The lowest BCUT2D eigenvalue weighted by atomic mass is 10.0. The molecular formula is C38H46F2I2N6O10. The maximum Gasteiger partial charge on any atom is 0.330 e. The van der Waals surface area contributed by atoms with Crippen LogP contribution in [0.3, 0.4) is 0 Å². The van der Waals surface area contributed by atoms with Crippen LogP contribution >= 0.6 is 45.2 Å². The molecule has 0 fully saturated rings. The number of carbonyl (C=O) groups excluding carboxylic acids is 2. The Balaban J connectivity index is 0.000000313. The zero-order valence-corrected chi connectivity index (χ0v) is 37.4. The van der Waals surface area contributed by atoms with Crippen LogP contribution in [0.2, 0.25) is 0 Å². The van der Waals surface area contributed by atoms with E-state index >= 15 is 0 Å². The third kappa shape index (κ3) is 12.5. The number of hydrogen-bond donors (Lipinski definition) is 3. The summed E-state index contributed by atoms with van der Waals surface area (Å²) in [6.45, 7) is 8.86. The van der Waals surface area contributed by atoms with Crippen LogP contribution in [0.4, 0.5) is 8.78 Å². The highest BCUT2D eigenvalue weighted by atomic mass is 127. The van der Waals surface area contributed by atoms with Gasteiger partial charge in [-0.15, -0.1) is 0 Å². The molecule has 0 saturated heterocycles. The number of aromatic nitrogens is 4. The maximum absolute atomic E-state index is 14.4. The fraction of sp³-hybridized carbons (Fsp3) is 0.421. The molecule has 0 radical (unpaired) electrons. The first kappa shape index (κ1) is 48.3. The van der Waals surface area contributed by atoms with Crippen LogP contribution in [0.15, 0.2) is 55.6 Å². The van der Waals surface area contributed by atoms with Crippen molar-refractivity contribution < 1.29 is 37.9 Å². The van der Waals surface area contributed by atoms with Gasteiger partial charge in [-0.1, -0.05) is 12.1 Å². The molecule has 4 rings (SSSR count). The molecule has 2 amide bonds. The Morgan fingerprint density at radius 3 is 1.45 bits per heavy atom. The van der Waals surface area contributed by atoms with E-state index in [0.717, 1.165) is 13.7 Å². The van der Waals surface area contributed by atoms with Crippen LogP contribution < -0.4 is 33.5 Å². The Bertz CT molecular complexity index is 2370. The standard InChI is InChI=1S/C21H27FIN3O5.C17H19FIN3O5/c1-6-26-19(28)17(18(27)24-31-10-9-30-21(2,3)4)16(25(5)20(26)29)11-13-7-8-14(23)12-15(13)22;1-3-22-16(25)14(15(24)20-27-7-6-23)13(21(2)17(22)26)8-10-4-5-11(19)9-12(10)18/h7-8,12H,6,9-11H2,1-5H3,(H,24,27);4-5,9,23H,3,6-8H2,1-2H3,(H,20,24). The Kier molecular flexibility index (Phi) is 18.1. The van der Waals surface area contributed by atoms with E-state index in [4.69, 9.17) is 19.5 Å². The zero-order valence-electron chi connectivity index (χ0n) is 33.0. The molecule has 20 heteroatoms. The van der Waals surface area contributed by atoms with Crippen LogP contribution in [-0.2, 0) is 54.4 Å². The summed E-state index contributed by atoms with van der Waals surface area (Å²) < 4.78 is 39.8. The van der Waals surface area contributed by atoms with E-state index in [0.29, 0.717) is 7.14 Å². The lowest BCUT2D eigenvalue weighted by molar-refractivity contribution is -0.0512. The van der Waals surface area contributed by atoms with E-state index in [2.05, 4.69) is 11.0 Å². The molecule has 0 aliphatic rings. The van der Waals surface area contributed by atoms with Crippen molar-refractivity contribution in [3.63, 3.8) is 0 Å². The number of benzene rings is 2. The minimum atomic E-state index is -0.868. The number of amides is 2. The number of hydroxylamine groups is 2. The summed E-state index contributed by atoms with van der Waals surface area (Å²) in [5, 5.41) is 8.74. The van der Waals surface area contributed by atoms with Crippen LogP contribution in [-0.4, -0.2) is 67.2 Å². The summed E-state index contributed by atoms with van der Waals surface area (Å²) in [5.41, 5.74) is 1.32. The lowest BCUT2D eigenvalue weighted by Gasteiger charge is -2.19. The molecule has 4 aromatic rings. The summed E-state index contributed by atoms with van der Waals surface area (Å²) in [6, 6.07) is 9.17. The summed E-state index contributed by atoms with van der Waals surface area (Å²) in [4.78, 5) is 85.8. The molecule has 0 aliphatic carbocycles. The monoisotopic (exact) mass is 1040 g/mol. The first-order valence-corrected chi connectivity index (χ1v) is 20.1. The van der Waals surface area contributed by atoms with Crippen LogP contribution in [0.5, 0.6) is 0 Å². The number of halogens is 4. The largest absolute Gasteiger partial charge is 0.394 e. The lowest BCUT2D eigenvalue weighted by Crippen LogP contribution is -2.45. The number of carbonyl (C=O) groups is 2. The van der Waals surface area contributed by atoms with Crippen LogP contribution in [0, 0.1) is 18.8 Å². The van der Waals surface area contributed by atoms with Gasteiger partial charge in [0.15, 0.2) is 0 Å². The van der Waals surface area contributed by atoms with Crippen LogP contribution in [0.25, 0.3) is 0 Å². The quantitative estimate of drug-likeness (QED) is 0.0907. The minimum absolute atomic E-state index is 0.0673. The SMILES string of the molecule is CCn1c(=O)c(C(=O)NOCCO)c(Cc2ccc(I)cc2F)n(C)c1=O.CCn1c(=O)c(C(=O)NOCCOC(C)(C)C)c(Cc2ccc(I)cc2F)n(C)c1=O. The van der Waals surface area contributed by atoms with E-state index < -0.39 is 45.9 Å².